The highest BCUT2D eigenvalue weighted by Crippen LogP contribution is 2.14. The molecule has 1 aliphatic rings. The minimum atomic E-state index is -0.533. The first-order valence-corrected chi connectivity index (χ1v) is 7.36. The van der Waals surface area contributed by atoms with Crippen molar-refractivity contribution in [2.75, 3.05) is 51.8 Å². The number of β-amino-alcohol motifs (C(OH)–C–C–N with tert-alkyl or cyclic N) is 1. The SMILES string of the molecule is COc1ccc(NC(N)=NCC(O)CN2CCOCC2)cc1. The van der Waals surface area contributed by atoms with Crippen LogP contribution in [0.15, 0.2) is 29.3 Å². The lowest BCUT2D eigenvalue weighted by molar-refractivity contribution is 0.0165. The maximum Gasteiger partial charge on any atom is 0.193 e. The smallest absolute Gasteiger partial charge is 0.193 e. The summed E-state index contributed by atoms with van der Waals surface area (Å²) in [6.07, 6.45) is -0.533. The van der Waals surface area contributed by atoms with Gasteiger partial charge in [-0.2, -0.15) is 0 Å². The summed E-state index contributed by atoms with van der Waals surface area (Å²) in [4.78, 5) is 6.34. The fourth-order valence-corrected chi connectivity index (χ4v) is 2.21. The van der Waals surface area contributed by atoms with Crippen molar-refractivity contribution in [3.8, 4) is 5.75 Å². The number of guanidine groups is 1. The standard InChI is InChI=1S/C15H24N4O3/c1-21-14-4-2-12(3-5-14)18-15(16)17-10-13(20)11-19-6-8-22-9-7-19/h2-5,13,20H,6-11H2,1H3,(H3,16,17,18). The van der Waals surface area contributed by atoms with Gasteiger partial charge in [0.15, 0.2) is 5.96 Å². The van der Waals surface area contributed by atoms with Crippen LogP contribution in [0, 0.1) is 0 Å². The monoisotopic (exact) mass is 308 g/mol. The highest BCUT2D eigenvalue weighted by molar-refractivity contribution is 5.92. The number of nitrogens with zero attached hydrogens (tertiary/aromatic N) is 2. The van der Waals surface area contributed by atoms with E-state index in [0.717, 1.165) is 37.7 Å². The Labute approximate surface area is 130 Å². The zero-order valence-electron chi connectivity index (χ0n) is 12.9. The number of nitrogens with one attached hydrogen (secondary N) is 1. The van der Waals surface area contributed by atoms with Crippen molar-refractivity contribution < 1.29 is 14.6 Å². The largest absolute Gasteiger partial charge is 0.497 e. The first kappa shape index (κ1) is 16.5. The van der Waals surface area contributed by atoms with E-state index in [9.17, 15) is 5.11 Å². The number of ether oxygens (including phenoxy) is 2. The molecule has 0 amide bonds. The van der Waals surface area contributed by atoms with Gasteiger partial charge in [0.05, 0.1) is 33.0 Å². The number of morpholine rings is 1. The van der Waals surface area contributed by atoms with E-state index >= 15 is 0 Å². The molecule has 2 rings (SSSR count). The van der Waals surface area contributed by atoms with Crippen LogP contribution in [0.25, 0.3) is 0 Å². The third-order valence-corrected chi connectivity index (χ3v) is 3.41. The quantitative estimate of drug-likeness (QED) is 0.510. The number of aliphatic imine (C=N–C) groups is 1. The van der Waals surface area contributed by atoms with Gasteiger partial charge >= 0.3 is 0 Å². The molecule has 7 nitrogen and oxygen atoms in total. The van der Waals surface area contributed by atoms with Crippen LogP contribution in [0.3, 0.4) is 0 Å². The molecule has 1 aromatic carbocycles. The molecule has 4 N–H and O–H groups in total. The second-order valence-corrected chi connectivity index (χ2v) is 5.15. The molecule has 1 unspecified atom stereocenters. The molecule has 22 heavy (non-hydrogen) atoms. The lowest BCUT2D eigenvalue weighted by Gasteiger charge is -2.28. The Balaban J connectivity index is 1.75. The first-order valence-electron chi connectivity index (χ1n) is 7.36. The van der Waals surface area contributed by atoms with Crippen molar-refractivity contribution in [3.05, 3.63) is 24.3 Å². The van der Waals surface area contributed by atoms with E-state index < -0.39 is 6.10 Å². The third-order valence-electron chi connectivity index (χ3n) is 3.41. The Morgan fingerprint density at radius 2 is 2.09 bits per heavy atom. The molecule has 0 aliphatic carbocycles. The van der Waals surface area contributed by atoms with Gasteiger partial charge in [0.25, 0.3) is 0 Å². The normalized spacial score (nSPS) is 18.0. The molecule has 1 aliphatic heterocycles. The zero-order valence-corrected chi connectivity index (χ0v) is 12.9. The van der Waals surface area contributed by atoms with Gasteiger partial charge in [0.2, 0.25) is 0 Å². The van der Waals surface area contributed by atoms with Crippen LogP contribution in [-0.4, -0.2) is 68.6 Å². The van der Waals surface area contributed by atoms with Crippen molar-refractivity contribution in [1.82, 2.24) is 4.90 Å². The second-order valence-electron chi connectivity index (χ2n) is 5.15. The molecule has 1 heterocycles. The summed E-state index contributed by atoms with van der Waals surface area (Å²) < 4.78 is 10.4. The molecule has 1 aromatic rings. The van der Waals surface area contributed by atoms with Gasteiger partial charge in [-0.1, -0.05) is 0 Å². The third kappa shape index (κ3) is 5.51. The number of anilines is 1. The number of hydrogen-bond acceptors (Lipinski definition) is 5. The van der Waals surface area contributed by atoms with E-state index in [-0.39, 0.29) is 12.5 Å². The van der Waals surface area contributed by atoms with E-state index in [0.29, 0.717) is 6.54 Å². The van der Waals surface area contributed by atoms with E-state index in [1.165, 1.54) is 0 Å². The maximum absolute atomic E-state index is 10.00. The van der Waals surface area contributed by atoms with Gasteiger partial charge in [-0.3, -0.25) is 9.89 Å². The van der Waals surface area contributed by atoms with Crippen molar-refractivity contribution in [2.45, 2.75) is 6.10 Å². The molecule has 0 aromatic heterocycles. The van der Waals surface area contributed by atoms with Crippen LogP contribution in [0.1, 0.15) is 0 Å². The summed E-state index contributed by atoms with van der Waals surface area (Å²) in [6.45, 7) is 3.99. The number of methoxy groups -OCH3 is 1. The Kier molecular flexibility index (Phi) is 6.45. The lowest BCUT2D eigenvalue weighted by Crippen LogP contribution is -2.42. The van der Waals surface area contributed by atoms with Crippen molar-refractivity contribution in [1.29, 1.82) is 0 Å². The molecule has 7 heteroatoms. The molecule has 1 saturated heterocycles. The molecule has 0 radical (unpaired) electrons. The van der Waals surface area contributed by atoms with Crippen LogP contribution in [0.5, 0.6) is 5.75 Å². The van der Waals surface area contributed by atoms with Crippen molar-refractivity contribution >= 4 is 11.6 Å². The summed E-state index contributed by atoms with van der Waals surface area (Å²) in [5.74, 6) is 1.06. The average molecular weight is 308 g/mol. The first-order chi connectivity index (χ1) is 10.7. The van der Waals surface area contributed by atoms with Gasteiger partial charge in [-0.15, -0.1) is 0 Å². The van der Waals surface area contributed by atoms with Crippen LogP contribution in [0.4, 0.5) is 5.69 Å². The molecular weight excluding hydrogens is 284 g/mol. The molecule has 0 saturated carbocycles. The van der Waals surface area contributed by atoms with E-state index in [4.69, 9.17) is 15.2 Å². The Morgan fingerprint density at radius 3 is 2.73 bits per heavy atom. The van der Waals surface area contributed by atoms with Crippen molar-refractivity contribution in [3.63, 3.8) is 0 Å². The highest BCUT2D eigenvalue weighted by atomic mass is 16.5. The van der Waals surface area contributed by atoms with Crippen molar-refractivity contribution in [2.24, 2.45) is 10.7 Å². The fourth-order valence-electron chi connectivity index (χ4n) is 2.21. The fraction of sp³-hybridized carbons (Fsp3) is 0.533. The predicted octanol–water partition coefficient (Wildman–Crippen LogP) is 0.115. The second kappa shape index (κ2) is 8.57. The van der Waals surface area contributed by atoms with Crippen LogP contribution in [-0.2, 0) is 4.74 Å². The average Bonchev–Trinajstić information content (AvgIpc) is 2.55. The number of nitrogens with two attached hydrogens (primary N) is 1. The Bertz CT molecular complexity index is 472. The number of benzene rings is 1. The zero-order chi connectivity index (χ0) is 15.8. The minimum absolute atomic E-state index is 0.270. The maximum atomic E-state index is 10.00. The van der Waals surface area contributed by atoms with Gasteiger partial charge in [-0.05, 0) is 24.3 Å². The molecule has 0 bridgehead atoms. The number of aliphatic hydroxyl groups is 1. The Hall–Kier alpha value is -1.83. The molecule has 1 fully saturated rings. The number of rotatable bonds is 6. The van der Waals surface area contributed by atoms with Gasteiger partial charge < -0.3 is 25.6 Å². The highest BCUT2D eigenvalue weighted by Gasteiger charge is 2.14. The summed E-state index contributed by atoms with van der Waals surface area (Å²) in [5.41, 5.74) is 6.64. The summed E-state index contributed by atoms with van der Waals surface area (Å²) >= 11 is 0. The van der Waals surface area contributed by atoms with Crippen LogP contribution >= 0.6 is 0 Å². The molecule has 122 valence electrons. The number of hydrogen-bond donors (Lipinski definition) is 3. The summed E-state index contributed by atoms with van der Waals surface area (Å²) in [5, 5.41) is 13.0. The lowest BCUT2D eigenvalue weighted by atomic mass is 10.3. The molecular formula is C15H24N4O3. The van der Waals surface area contributed by atoms with Gasteiger partial charge in [0.1, 0.15) is 5.75 Å². The summed E-state index contributed by atoms with van der Waals surface area (Å²) in [6, 6.07) is 7.38. The molecule has 0 spiro atoms. The topological polar surface area (TPSA) is 92.3 Å². The summed E-state index contributed by atoms with van der Waals surface area (Å²) in [7, 11) is 1.62. The molecule has 1 atom stereocenters. The van der Waals surface area contributed by atoms with Crippen LogP contribution in [0.2, 0.25) is 0 Å². The van der Waals surface area contributed by atoms with E-state index in [1.807, 2.05) is 24.3 Å². The van der Waals surface area contributed by atoms with Gasteiger partial charge in [-0.25, -0.2) is 0 Å². The van der Waals surface area contributed by atoms with E-state index in [1.54, 1.807) is 7.11 Å². The van der Waals surface area contributed by atoms with Crippen LogP contribution < -0.4 is 15.8 Å². The number of aliphatic hydroxyl groups excluding tert-OH is 1. The van der Waals surface area contributed by atoms with E-state index in [2.05, 4.69) is 15.2 Å². The predicted molar refractivity (Wildman–Crippen MR) is 86.4 cm³/mol. The Morgan fingerprint density at radius 1 is 1.41 bits per heavy atom. The minimum Gasteiger partial charge on any atom is -0.497 e. The van der Waals surface area contributed by atoms with Gasteiger partial charge in [0, 0.05) is 25.3 Å².